The minimum atomic E-state index is -3.41. The van der Waals surface area contributed by atoms with Gasteiger partial charge in [-0.2, -0.15) is 0 Å². The summed E-state index contributed by atoms with van der Waals surface area (Å²) in [4.78, 5) is 3.76. The van der Waals surface area contributed by atoms with E-state index in [-0.39, 0.29) is 22.7 Å². The maximum absolute atomic E-state index is 11.4. The number of aromatic nitrogens is 2. The van der Waals surface area contributed by atoms with Crippen LogP contribution in [0.2, 0.25) is 0 Å². The van der Waals surface area contributed by atoms with Crippen molar-refractivity contribution >= 4 is 19.7 Å². The predicted molar refractivity (Wildman–Crippen MR) is 57.6 cm³/mol. The third-order valence-electron chi connectivity index (χ3n) is 2.57. The first kappa shape index (κ1) is 11.6. The van der Waals surface area contributed by atoms with Gasteiger partial charge in [0.25, 0.3) is 0 Å². The molecule has 0 spiro atoms. The van der Waals surface area contributed by atoms with Crippen LogP contribution in [0.25, 0.3) is 0 Å². The Morgan fingerprint density at radius 1 is 1.50 bits per heavy atom. The summed E-state index contributed by atoms with van der Waals surface area (Å²) in [6, 6.07) is -0.308. The highest BCUT2D eigenvalue weighted by atomic mass is 32.2. The van der Waals surface area contributed by atoms with Gasteiger partial charge in [0.15, 0.2) is 9.84 Å². The van der Waals surface area contributed by atoms with E-state index in [1.807, 2.05) is 0 Å². The molecule has 0 aromatic carbocycles. The quantitative estimate of drug-likeness (QED) is 0.728. The third-order valence-corrected chi connectivity index (χ3v) is 5.30. The second-order valence-electron chi connectivity index (χ2n) is 3.95. The Hall–Kier alpha value is -0.890. The lowest BCUT2D eigenvalue weighted by atomic mass is 10.3. The Kier molecular flexibility index (Phi) is 2.58. The Bertz CT molecular complexity index is 600. The molecule has 1 unspecified atom stereocenters. The fourth-order valence-corrected chi connectivity index (χ4v) is 4.42. The van der Waals surface area contributed by atoms with Crippen molar-refractivity contribution in [3.05, 3.63) is 12.4 Å². The fraction of sp³-hybridized carbons (Fsp3) is 0.625. The molecule has 1 fully saturated rings. The van der Waals surface area contributed by atoms with E-state index in [1.54, 1.807) is 0 Å². The standard InChI is InChI=1S/C8H12N2O4S2/c1-15(11,12)8-9-3-4-10(8)7-2-5-16(13,14)6-7/h3-4,7H,2,5-6H2,1H3. The molecule has 1 atom stereocenters. The summed E-state index contributed by atoms with van der Waals surface area (Å²) < 4.78 is 46.9. The highest BCUT2D eigenvalue weighted by Gasteiger charge is 2.31. The highest BCUT2D eigenvalue weighted by Crippen LogP contribution is 2.25. The molecule has 2 rings (SSSR count). The summed E-state index contributed by atoms with van der Waals surface area (Å²) in [5.41, 5.74) is 0. The van der Waals surface area contributed by atoms with Crippen molar-refractivity contribution in [2.45, 2.75) is 17.6 Å². The second kappa shape index (κ2) is 3.56. The molecule has 1 aliphatic rings. The molecule has 0 amide bonds. The summed E-state index contributed by atoms with van der Waals surface area (Å²) in [6.07, 6.45) is 4.40. The summed E-state index contributed by atoms with van der Waals surface area (Å²) in [6.45, 7) is 0. The van der Waals surface area contributed by atoms with E-state index in [1.165, 1.54) is 17.0 Å². The molecule has 0 bridgehead atoms. The van der Waals surface area contributed by atoms with E-state index < -0.39 is 19.7 Å². The lowest BCUT2D eigenvalue weighted by Gasteiger charge is -2.12. The Balaban J connectivity index is 2.41. The molecule has 0 N–H and O–H groups in total. The van der Waals surface area contributed by atoms with Crippen molar-refractivity contribution in [1.82, 2.24) is 9.55 Å². The third kappa shape index (κ3) is 2.12. The van der Waals surface area contributed by atoms with Crippen LogP contribution in [0.15, 0.2) is 17.6 Å². The normalized spacial score (nSPS) is 24.7. The molecule has 1 aromatic rings. The molecule has 0 saturated carbocycles. The number of hydrogen-bond acceptors (Lipinski definition) is 5. The molecule has 16 heavy (non-hydrogen) atoms. The Morgan fingerprint density at radius 2 is 2.19 bits per heavy atom. The first-order valence-corrected chi connectivity index (χ1v) is 8.44. The van der Waals surface area contributed by atoms with Crippen molar-refractivity contribution in [1.29, 1.82) is 0 Å². The van der Waals surface area contributed by atoms with Crippen molar-refractivity contribution < 1.29 is 16.8 Å². The topological polar surface area (TPSA) is 86.1 Å². The Morgan fingerprint density at radius 3 is 2.69 bits per heavy atom. The minimum absolute atomic E-state index is 0.00806. The summed E-state index contributed by atoms with van der Waals surface area (Å²) in [7, 11) is -6.44. The van der Waals surface area contributed by atoms with Crippen LogP contribution in [0.4, 0.5) is 0 Å². The first-order chi connectivity index (χ1) is 7.30. The van der Waals surface area contributed by atoms with Gasteiger partial charge in [-0.15, -0.1) is 0 Å². The van der Waals surface area contributed by atoms with Gasteiger partial charge in [0.1, 0.15) is 0 Å². The second-order valence-corrected chi connectivity index (χ2v) is 8.08. The lowest BCUT2D eigenvalue weighted by molar-refractivity contribution is 0.497. The van der Waals surface area contributed by atoms with Crippen molar-refractivity contribution in [3.63, 3.8) is 0 Å². The SMILES string of the molecule is CS(=O)(=O)c1nccn1C1CCS(=O)(=O)C1. The average Bonchev–Trinajstić information content (AvgIpc) is 2.68. The van der Waals surface area contributed by atoms with Crippen molar-refractivity contribution in [3.8, 4) is 0 Å². The van der Waals surface area contributed by atoms with Gasteiger partial charge in [-0.1, -0.05) is 0 Å². The van der Waals surface area contributed by atoms with Gasteiger partial charge < -0.3 is 4.57 Å². The van der Waals surface area contributed by atoms with Crippen LogP contribution in [0.5, 0.6) is 0 Å². The largest absolute Gasteiger partial charge is 0.318 e. The molecule has 6 nitrogen and oxygen atoms in total. The molecule has 0 aliphatic carbocycles. The van der Waals surface area contributed by atoms with Crippen LogP contribution in [0, 0.1) is 0 Å². The van der Waals surface area contributed by atoms with Crippen LogP contribution >= 0.6 is 0 Å². The van der Waals surface area contributed by atoms with Gasteiger partial charge in [-0.3, -0.25) is 0 Å². The van der Waals surface area contributed by atoms with Gasteiger partial charge in [-0.05, 0) is 6.42 Å². The van der Waals surface area contributed by atoms with E-state index in [0.29, 0.717) is 6.42 Å². The van der Waals surface area contributed by atoms with Gasteiger partial charge in [-0.25, -0.2) is 21.8 Å². The number of nitrogens with zero attached hydrogens (tertiary/aromatic N) is 2. The lowest BCUT2D eigenvalue weighted by Crippen LogP contribution is -2.16. The average molecular weight is 264 g/mol. The van der Waals surface area contributed by atoms with E-state index >= 15 is 0 Å². The molecule has 1 aliphatic heterocycles. The maximum atomic E-state index is 11.4. The zero-order valence-corrected chi connectivity index (χ0v) is 10.3. The zero-order valence-electron chi connectivity index (χ0n) is 8.70. The smallest absolute Gasteiger partial charge is 0.227 e. The zero-order chi connectivity index (χ0) is 12.0. The van der Waals surface area contributed by atoms with E-state index in [0.717, 1.165) is 6.26 Å². The minimum Gasteiger partial charge on any atom is -0.318 e. The molecule has 2 heterocycles. The summed E-state index contributed by atoms with van der Waals surface area (Å²) in [5, 5.41) is -0.0606. The van der Waals surface area contributed by atoms with E-state index in [2.05, 4.69) is 4.98 Å². The van der Waals surface area contributed by atoms with Gasteiger partial charge in [0.05, 0.1) is 17.5 Å². The maximum Gasteiger partial charge on any atom is 0.227 e. The predicted octanol–water partition coefficient (Wildman–Crippen LogP) is -0.354. The molecule has 0 radical (unpaired) electrons. The van der Waals surface area contributed by atoms with Crippen LogP contribution in [-0.4, -0.2) is 44.1 Å². The highest BCUT2D eigenvalue weighted by molar-refractivity contribution is 7.91. The molecular weight excluding hydrogens is 252 g/mol. The van der Waals surface area contributed by atoms with Crippen LogP contribution in [0.3, 0.4) is 0 Å². The van der Waals surface area contributed by atoms with Gasteiger partial charge in [0.2, 0.25) is 15.0 Å². The number of sulfone groups is 2. The molecular formula is C8H12N2O4S2. The first-order valence-electron chi connectivity index (χ1n) is 4.73. The van der Waals surface area contributed by atoms with Crippen molar-refractivity contribution in [2.75, 3.05) is 17.8 Å². The number of rotatable bonds is 2. The van der Waals surface area contributed by atoms with Crippen LogP contribution < -0.4 is 0 Å². The number of imidazole rings is 1. The van der Waals surface area contributed by atoms with E-state index in [9.17, 15) is 16.8 Å². The summed E-state index contributed by atoms with van der Waals surface area (Å²) >= 11 is 0. The van der Waals surface area contributed by atoms with Crippen LogP contribution in [0.1, 0.15) is 12.5 Å². The summed E-state index contributed by atoms with van der Waals surface area (Å²) in [5.74, 6) is 0.102. The van der Waals surface area contributed by atoms with Gasteiger partial charge in [0, 0.05) is 18.6 Å². The van der Waals surface area contributed by atoms with E-state index in [4.69, 9.17) is 0 Å². The Labute approximate surface area is 94.1 Å². The molecule has 1 saturated heterocycles. The van der Waals surface area contributed by atoms with Gasteiger partial charge >= 0.3 is 0 Å². The molecule has 90 valence electrons. The van der Waals surface area contributed by atoms with Crippen LogP contribution in [-0.2, 0) is 19.7 Å². The monoisotopic (exact) mass is 264 g/mol. The van der Waals surface area contributed by atoms with Crippen molar-refractivity contribution in [2.24, 2.45) is 0 Å². The molecule has 1 aromatic heterocycles. The fourth-order valence-electron chi connectivity index (χ4n) is 1.86. The molecule has 8 heteroatoms. The number of hydrogen-bond donors (Lipinski definition) is 0.